The molecule has 0 N–H and O–H groups in total. The summed E-state index contributed by atoms with van der Waals surface area (Å²) in [6.45, 7) is 40.3. The number of hydrogen-bond donors (Lipinski definition) is 0. The normalized spacial score (nSPS) is 14.8. The molecule has 3 heteroatoms. The number of benzene rings is 11. The fraction of sp³-hybridized carbons (Fsp3) is 0.213. The minimum atomic E-state index is -3.01. The van der Waals surface area contributed by atoms with Gasteiger partial charge in [-0.05, 0) is 177 Å². The van der Waals surface area contributed by atoms with Crippen molar-refractivity contribution in [3.05, 3.63) is 324 Å². The standard InChI is InChI=1S/C89H86B2Si/c1-53-41-57(5)82(58(6)42-53)90(83-59(7)43-54(2)44-60(83)8)69-35-39-74-72-37-33-67(49-76(72)88(13,14)78(74)51-69)86-80(65-27-21-18-22-28-65)81(66-29-23-19-24-30-66)87(92(86,17)71-31-25-20-26-32-71)68-34-38-73-75-40-36-70(52-79(75)89(15,16)77(73)50-68)91(84-61(9)45-55(3)46-62(84)10)85-63(11)47-56(4)48-64(85)12/h18-52H,1-17H3. The van der Waals surface area contributed by atoms with Crippen LogP contribution in [0, 0.1) is 83.1 Å². The fourth-order valence-electron chi connectivity index (χ4n) is 18.3. The summed E-state index contributed by atoms with van der Waals surface area (Å²) in [5, 5.41) is 4.35. The molecule has 0 unspecified atom stereocenters. The van der Waals surface area contributed by atoms with Crippen molar-refractivity contribution in [2.24, 2.45) is 0 Å². The highest BCUT2D eigenvalue weighted by Gasteiger charge is 2.50. The van der Waals surface area contributed by atoms with Crippen molar-refractivity contribution in [1.29, 1.82) is 0 Å². The molecule has 0 aromatic heterocycles. The molecular formula is C89H86B2Si. The largest absolute Gasteiger partial charge is 0.242 e. The predicted molar refractivity (Wildman–Crippen MR) is 404 cm³/mol. The molecule has 0 amide bonds. The van der Waals surface area contributed by atoms with Crippen LogP contribution in [0.2, 0.25) is 6.55 Å². The van der Waals surface area contributed by atoms with Crippen molar-refractivity contribution < 1.29 is 0 Å². The molecule has 92 heavy (non-hydrogen) atoms. The molecule has 14 rings (SSSR count). The maximum atomic E-state index is 2.68. The van der Waals surface area contributed by atoms with E-state index in [2.05, 4.69) is 330 Å². The molecule has 0 saturated carbocycles. The van der Waals surface area contributed by atoms with Crippen molar-refractivity contribution in [1.82, 2.24) is 0 Å². The second-order valence-corrected chi connectivity index (χ2v) is 33.0. The van der Waals surface area contributed by atoms with Crippen LogP contribution in [-0.2, 0) is 10.8 Å². The Bertz CT molecular complexity index is 4440. The molecule has 452 valence electrons. The summed E-state index contributed by atoms with van der Waals surface area (Å²) < 4.78 is 0. The first kappa shape index (κ1) is 60.8. The van der Waals surface area contributed by atoms with Gasteiger partial charge in [0.05, 0.1) is 0 Å². The third-order valence-corrected chi connectivity index (χ3v) is 26.5. The molecule has 1 heterocycles. The molecule has 0 spiro atoms. The fourth-order valence-corrected chi connectivity index (χ4v) is 23.0. The van der Waals surface area contributed by atoms with E-state index in [0.717, 1.165) is 0 Å². The van der Waals surface area contributed by atoms with Crippen molar-refractivity contribution in [2.45, 2.75) is 128 Å². The number of hydrogen-bond acceptors (Lipinski definition) is 0. The Morgan fingerprint density at radius 2 is 0.533 bits per heavy atom. The maximum Gasteiger partial charge on any atom is 0.242 e. The molecular weight excluding hydrogens is 1120 g/mol. The van der Waals surface area contributed by atoms with Gasteiger partial charge < -0.3 is 0 Å². The number of allylic oxidation sites excluding steroid dienone is 2. The van der Waals surface area contributed by atoms with E-state index in [4.69, 9.17) is 0 Å². The van der Waals surface area contributed by atoms with E-state index in [-0.39, 0.29) is 24.3 Å². The topological polar surface area (TPSA) is 0 Å². The smallest absolute Gasteiger partial charge is 0.0683 e. The lowest BCUT2D eigenvalue weighted by atomic mass is 9.34. The summed E-state index contributed by atoms with van der Waals surface area (Å²) in [6.07, 6.45) is 0. The second kappa shape index (κ2) is 22.5. The van der Waals surface area contributed by atoms with Gasteiger partial charge in [-0.2, -0.15) is 0 Å². The van der Waals surface area contributed by atoms with Gasteiger partial charge in [0.25, 0.3) is 0 Å². The second-order valence-electron chi connectivity index (χ2n) is 29.2. The zero-order valence-corrected chi connectivity index (χ0v) is 58.4. The summed E-state index contributed by atoms with van der Waals surface area (Å²) in [5.41, 5.74) is 42.7. The molecule has 1 aliphatic heterocycles. The van der Waals surface area contributed by atoms with E-state index >= 15 is 0 Å². The first-order valence-electron chi connectivity index (χ1n) is 33.5. The van der Waals surface area contributed by atoms with Crippen LogP contribution < -0.4 is 38.0 Å². The molecule has 0 atom stereocenters. The Hall–Kier alpha value is -8.75. The lowest BCUT2D eigenvalue weighted by Crippen LogP contribution is -2.56. The van der Waals surface area contributed by atoms with Crippen molar-refractivity contribution in [3.8, 4) is 22.3 Å². The van der Waals surface area contributed by atoms with Gasteiger partial charge in [0.15, 0.2) is 0 Å². The van der Waals surface area contributed by atoms with Crippen LogP contribution >= 0.6 is 0 Å². The molecule has 0 saturated heterocycles. The van der Waals surface area contributed by atoms with Gasteiger partial charge in [-0.1, -0.05) is 346 Å². The Morgan fingerprint density at radius 1 is 0.272 bits per heavy atom. The van der Waals surface area contributed by atoms with Gasteiger partial charge in [-0.3, -0.25) is 0 Å². The van der Waals surface area contributed by atoms with Crippen LogP contribution in [0.15, 0.2) is 212 Å². The van der Waals surface area contributed by atoms with Crippen molar-refractivity contribution in [2.75, 3.05) is 0 Å². The molecule has 11 aromatic rings. The van der Waals surface area contributed by atoms with E-state index in [1.807, 2.05) is 0 Å². The average Bonchev–Trinajstić information content (AvgIpc) is 1.51. The maximum absolute atomic E-state index is 3.01. The predicted octanol–water partition coefficient (Wildman–Crippen LogP) is 17.6. The molecule has 3 aliphatic rings. The number of fused-ring (bicyclic) bond motifs is 6. The third-order valence-electron chi connectivity index (χ3n) is 22.0. The minimum Gasteiger partial charge on any atom is -0.0683 e. The van der Waals surface area contributed by atoms with E-state index < -0.39 is 8.07 Å². The van der Waals surface area contributed by atoms with E-state index in [0.29, 0.717) is 0 Å². The van der Waals surface area contributed by atoms with E-state index in [1.54, 1.807) is 0 Å². The molecule has 2 aliphatic carbocycles. The van der Waals surface area contributed by atoms with Gasteiger partial charge in [-0.15, -0.1) is 0 Å². The van der Waals surface area contributed by atoms with E-state index in [1.165, 1.54) is 193 Å². The van der Waals surface area contributed by atoms with Crippen LogP contribution in [0.1, 0.15) is 139 Å². The van der Waals surface area contributed by atoms with Crippen LogP contribution in [0.4, 0.5) is 0 Å². The molecule has 0 fully saturated rings. The minimum absolute atomic E-state index is 0.0892. The summed E-state index contributed by atoms with van der Waals surface area (Å²) in [5.74, 6) is 0. The summed E-state index contributed by atoms with van der Waals surface area (Å²) in [7, 11) is -3.01. The quantitative estimate of drug-likeness (QED) is 0.113. The van der Waals surface area contributed by atoms with Gasteiger partial charge in [0, 0.05) is 10.8 Å². The van der Waals surface area contributed by atoms with Crippen LogP contribution in [-0.4, -0.2) is 21.5 Å². The zero-order chi connectivity index (χ0) is 64.6. The Morgan fingerprint density at radius 3 is 0.826 bits per heavy atom. The third kappa shape index (κ3) is 9.62. The van der Waals surface area contributed by atoms with E-state index in [9.17, 15) is 0 Å². The number of rotatable bonds is 11. The molecule has 0 radical (unpaired) electrons. The molecule has 0 nitrogen and oxygen atoms in total. The highest BCUT2D eigenvalue weighted by Crippen LogP contribution is 2.59. The lowest BCUT2D eigenvalue weighted by Gasteiger charge is -2.33. The molecule has 11 aromatic carbocycles. The van der Waals surface area contributed by atoms with Crippen molar-refractivity contribution >= 4 is 81.0 Å². The lowest BCUT2D eigenvalue weighted by molar-refractivity contribution is 0.660. The Labute approximate surface area is 551 Å². The monoisotopic (exact) mass is 1200 g/mol. The van der Waals surface area contributed by atoms with Gasteiger partial charge >= 0.3 is 0 Å². The van der Waals surface area contributed by atoms with Gasteiger partial charge in [0.2, 0.25) is 13.4 Å². The zero-order valence-electron chi connectivity index (χ0n) is 57.4. The average molecular weight is 1210 g/mol. The van der Waals surface area contributed by atoms with Crippen LogP contribution in [0.25, 0.3) is 43.8 Å². The highest BCUT2D eigenvalue weighted by atomic mass is 28.3. The molecule has 0 bridgehead atoms. The van der Waals surface area contributed by atoms with Crippen LogP contribution in [0.3, 0.4) is 0 Å². The first-order valence-corrected chi connectivity index (χ1v) is 36.0. The van der Waals surface area contributed by atoms with Gasteiger partial charge in [-0.25, -0.2) is 0 Å². The number of aryl methyl sites for hydroxylation is 12. The SMILES string of the molecule is Cc1cc(C)c(B(c2ccc3c(c2)C(C)(C)c2cc(C4=C(c5ccccc5)C(c5ccccc5)=C(c5ccc6c(c5)C(C)(C)c5cc(B(c7c(C)cc(C)cc7C)c7c(C)cc(C)cc7C)ccc5-6)[Si]4(C)c4ccccc4)ccc2-3)c2c(C)cc(C)cc2C)c(C)c1. The van der Waals surface area contributed by atoms with Crippen LogP contribution in [0.5, 0.6) is 0 Å². The summed E-state index contributed by atoms with van der Waals surface area (Å²) in [4.78, 5) is 0. The first-order chi connectivity index (χ1) is 44.0. The van der Waals surface area contributed by atoms with Crippen molar-refractivity contribution in [3.63, 3.8) is 0 Å². The Kier molecular flexibility index (Phi) is 14.9. The van der Waals surface area contributed by atoms with Gasteiger partial charge in [0.1, 0.15) is 8.07 Å². The summed E-state index contributed by atoms with van der Waals surface area (Å²) >= 11 is 0. The highest BCUT2D eigenvalue weighted by molar-refractivity contribution is 7.21. The summed E-state index contributed by atoms with van der Waals surface area (Å²) in [6, 6.07) is 83.9. The Balaban J connectivity index is 0.949.